The monoisotopic (exact) mass is 315 g/mol. The second kappa shape index (κ2) is 5.37. The lowest BCUT2D eigenvalue weighted by Crippen LogP contribution is -2.28. The molecule has 1 aliphatic heterocycles. The summed E-state index contributed by atoms with van der Waals surface area (Å²) in [6.07, 6.45) is 0.226. The highest BCUT2D eigenvalue weighted by atomic mass is 35.5. The molecule has 1 unspecified atom stereocenters. The van der Waals surface area contributed by atoms with Crippen molar-refractivity contribution in [2.45, 2.75) is 38.5 Å². The number of sulfone groups is 1. The van der Waals surface area contributed by atoms with Crippen LogP contribution in [0.25, 0.3) is 0 Å². The van der Waals surface area contributed by atoms with Crippen LogP contribution in [0, 0.1) is 13.8 Å². The maximum atomic E-state index is 12.4. The van der Waals surface area contributed by atoms with Gasteiger partial charge in [0, 0.05) is 6.42 Å². The molecule has 4 nitrogen and oxygen atoms in total. The summed E-state index contributed by atoms with van der Waals surface area (Å²) >= 11 is 5.77. The number of rotatable bonds is 3. The minimum Gasteiger partial charge on any atom is -0.387 e. The standard InChI is InChI=1S/C14H18ClNO3S/c1-10-4-5-12(11(2)6-10)8-20(17,18)13-7-14(3,9-15)19-16-13/h4-6H,7-9H2,1-3H3. The fourth-order valence-electron chi connectivity index (χ4n) is 2.08. The summed E-state index contributed by atoms with van der Waals surface area (Å²) in [7, 11) is -3.46. The molecule has 0 N–H and O–H groups in total. The summed E-state index contributed by atoms with van der Waals surface area (Å²) in [4.78, 5) is 5.15. The van der Waals surface area contributed by atoms with Crippen LogP contribution in [0.2, 0.25) is 0 Å². The van der Waals surface area contributed by atoms with Crippen molar-refractivity contribution in [3.05, 3.63) is 34.9 Å². The average molecular weight is 316 g/mol. The normalized spacial score (nSPS) is 22.5. The van der Waals surface area contributed by atoms with Crippen LogP contribution >= 0.6 is 11.6 Å². The Morgan fingerprint density at radius 3 is 2.65 bits per heavy atom. The van der Waals surface area contributed by atoms with Crippen molar-refractivity contribution in [2.24, 2.45) is 5.16 Å². The lowest BCUT2D eigenvalue weighted by molar-refractivity contribution is 0.0152. The first kappa shape index (κ1) is 15.3. The van der Waals surface area contributed by atoms with E-state index in [-0.39, 0.29) is 23.1 Å². The van der Waals surface area contributed by atoms with Crippen LogP contribution in [0.5, 0.6) is 0 Å². The van der Waals surface area contributed by atoms with Crippen LogP contribution in [-0.4, -0.2) is 24.9 Å². The number of alkyl halides is 1. The summed E-state index contributed by atoms with van der Waals surface area (Å²) in [5.74, 6) is 0.152. The first-order valence-electron chi connectivity index (χ1n) is 6.36. The van der Waals surface area contributed by atoms with Gasteiger partial charge >= 0.3 is 0 Å². The lowest BCUT2D eigenvalue weighted by Gasteiger charge is -2.16. The molecule has 0 saturated heterocycles. The van der Waals surface area contributed by atoms with Gasteiger partial charge in [0.25, 0.3) is 0 Å². The van der Waals surface area contributed by atoms with E-state index in [9.17, 15) is 8.42 Å². The Morgan fingerprint density at radius 2 is 2.10 bits per heavy atom. The van der Waals surface area contributed by atoms with Gasteiger partial charge in [0.2, 0.25) is 0 Å². The number of benzene rings is 1. The molecule has 1 aliphatic rings. The minimum atomic E-state index is -3.46. The predicted molar refractivity (Wildman–Crippen MR) is 80.8 cm³/mol. The number of hydrogen-bond acceptors (Lipinski definition) is 4. The smallest absolute Gasteiger partial charge is 0.199 e. The van der Waals surface area contributed by atoms with Crippen LogP contribution in [0.3, 0.4) is 0 Å². The zero-order valence-corrected chi connectivity index (χ0v) is 13.4. The number of aryl methyl sites for hydroxylation is 2. The third-order valence-corrected chi connectivity index (χ3v) is 5.57. The maximum Gasteiger partial charge on any atom is 0.199 e. The topological polar surface area (TPSA) is 55.7 Å². The molecular formula is C14H18ClNO3S. The van der Waals surface area contributed by atoms with Crippen molar-refractivity contribution in [1.29, 1.82) is 0 Å². The molecule has 0 spiro atoms. The molecule has 0 amide bonds. The highest BCUT2D eigenvalue weighted by Crippen LogP contribution is 2.28. The molecule has 2 rings (SSSR count). The molecule has 110 valence electrons. The van der Waals surface area contributed by atoms with Gasteiger partial charge < -0.3 is 4.84 Å². The van der Waals surface area contributed by atoms with E-state index in [0.29, 0.717) is 0 Å². The Kier molecular flexibility index (Phi) is 4.12. The molecule has 0 bridgehead atoms. The minimum absolute atomic E-state index is 0.0559. The van der Waals surface area contributed by atoms with Crippen LogP contribution in [-0.2, 0) is 20.4 Å². The quantitative estimate of drug-likeness (QED) is 0.806. The second-order valence-electron chi connectivity index (χ2n) is 5.53. The predicted octanol–water partition coefficient (Wildman–Crippen LogP) is 2.95. The summed E-state index contributed by atoms with van der Waals surface area (Å²) in [5, 5.41) is 3.80. The Morgan fingerprint density at radius 1 is 1.40 bits per heavy atom. The maximum absolute atomic E-state index is 12.4. The third kappa shape index (κ3) is 3.15. The zero-order chi connectivity index (χ0) is 15.0. The van der Waals surface area contributed by atoms with Gasteiger partial charge in [-0.2, -0.15) is 0 Å². The first-order chi connectivity index (χ1) is 9.26. The van der Waals surface area contributed by atoms with E-state index in [1.807, 2.05) is 32.0 Å². The van der Waals surface area contributed by atoms with E-state index in [0.717, 1.165) is 16.7 Å². The summed E-state index contributed by atoms with van der Waals surface area (Å²) in [6.45, 7) is 5.64. The van der Waals surface area contributed by atoms with Crippen LogP contribution in [0.15, 0.2) is 23.4 Å². The van der Waals surface area contributed by atoms with Crippen LogP contribution < -0.4 is 0 Å². The molecule has 20 heavy (non-hydrogen) atoms. The van der Waals surface area contributed by atoms with Crippen molar-refractivity contribution < 1.29 is 13.3 Å². The highest BCUT2D eigenvalue weighted by Gasteiger charge is 2.39. The molecule has 0 saturated carbocycles. The fraction of sp³-hybridized carbons (Fsp3) is 0.500. The molecule has 1 atom stereocenters. The molecule has 0 radical (unpaired) electrons. The molecule has 1 aromatic rings. The van der Waals surface area contributed by atoms with Gasteiger partial charge in [-0.05, 0) is 31.9 Å². The lowest BCUT2D eigenvalue weighted by atomic mass is 10.1. The van der Waals surface area contributed by atoms with Crippen molar-refractivity contribution in [2.75, 3.05) is 5.88 Å². The highest BCUT2D eigenvalue weighted by molar-refractivity contribution is 8.05. The van der Waals surface area contributed by atoms with Gasteiger partial charge in [-0.15, -0.1) is 11.6 Å². The van der Waals surface area contributed by atoms with E-state index in [1.165, 1.54) is 0 Å². The van der Waals surface area contributed by atoms with Gasteiger partial charge in [-0.1, -0.05) is 28.9 Å². The van der Waals surface area contributed by atoms with Crippen LogP contribution in [0.1, 0.15) is 30.0 Å². The Labute approximate surface area is 124 Å². The molecule has 1 aromatic carbocycles. The summed E-state index contributed by atoms with van der Waals surface area (Å²) in [5.41, 5.74) is 2.15. The van der Waals surface area contributed by atoms with Crippen molar-refractivity contribution in [1.82, 2.24) is 0 Å². The second-order valence-corrected chi connectivity index (χ2v) is 7.78. The van der Waals surface area contributed by atoms with Gasteiger partial charge in [0.15, 0.2) is 20.5 Å². The number of nitrogens with zero attached hydrogens (tertiary/aromatic N) is 1. The largest absolute Gasteiger partial charge is 0.387 e. The van der Waals surface area contributed by atoms with Crippen molar-refractivity contribution in [3.63, 3.8) is 0 Å². The Bertz CT molecular complexity index is 654. The van der Waals surface area contributed by atoms with Gasteiger partial charge in [-0.3, -0.25) is 0 Å². The van der Waals surface area contributed by atoms with Crippen LogP contribution in [0.4, 0.5) is 0 Å². The van der Waals surface area contributed by atoms with Gasteiger partial charge in [0.05, 0.1) is 11.6 Å². The van der Waals surface area contributed by atoms with Crippen molar-refractivity contribution in [3.8, 4) is 0 Å². The SMILES string of the molecule is Cc1ccc(CS(=O)(=O)C2=NOC(C)(CCl)C2)c(C)c1. The zero-order valence-electron chi connectivity index (χ0n) is 11.8. The number of halogens is 1. The Hall–Kier alpha value is -1.07. The third-order valence-electron chi connectivity index (χ3n) is 3.38. The molecule has 6 heteroatoms. The van der Waals surface area contributed by atoms with E-state index in [1.54, 1.807) is 6.92 Å². The van der Waals surface area contributed by atoms with E-state index in [2.05, 4.69) is 5.16 Å². The van der Waals surface area contributed by atoms with Gasteiger partial charge in [-0.25, -0.2) is 8.42 Å². The Balaban J connectivity index is 2.21. The van der Waals surface area contributed by atoms with Gasteiger partial charge in [0.1, 0.15) is 0 Å². The molecule has 0 aromatic heterocycles. The average Bonchev–Trinajstić information content (AvgIpc) is 2.77. The molecule has 0 aliphatic carbocycles. The molecule has 0 fully saturated rings. The molecular weight excluding hydrogens is 298 g/mol. The van der Waals surface area contributed by atoms with E-state index >= 15 is 0 Å². The first-order valence-corrected chi connectivity index (χ1v) is 8.54. The number of hydrogen-bond donors (Lipinski definition) is 0. The fourth-order valence-corrected chi connectivity index (χ4v) is 3.80. The summed E-state index contributed by atoms with van der Waals surface area (Å²) < 4.78 is 24.8. The summed E-state index contributed by atoms with van der Waals surface area (Å²) in [6, 6.07) is 5.73. The number of oxime groups is 1. The van der Waals surface area contributed by atoms with Crippen molar-refractivity contribution >= 4 is 26.5 Å². The molecule has 1 heterocycles. The van der Waals surface area contributed by atoms with E-state index < -0.39 is 15.4 Å². The van der Waals surface area contributed by atoms with E-state index in [4.69, 9.17) is 16.4 Å².